The largest absolute Gasteiger partial charge is 0.484 e. The summed E-state index contributed by atoms with van der Waals surface area (Å²) in [4.78, 5) is 12.0. The van der Waals surface area contributed by atoms with Crippen LogP contribution in [0.25, 0.3) is 10.8 Å². The summed E-state index contributed by atoms with van der Waals surface area (Å²) in [6.45, 7) is 1.95. The van der Waals surface area contributed by atoms with Crippen LogP contribution in [-0.4, -0.2) is 12.5 Å². The average Bonchev–Trinajstić information content (AvgIpc) is 2.55. The highest BCUT2D eigenvalue weighted by Gasteiger charge is 2.05. The first-order valence-electron chi connectivity index (χ1n) is 7.19. The molecular formula is C19H17NO2. The summed E-state index contributed by atoms with van der Waals surface area (Å²) in [5.41, 5.74) is 1.84. The number of hydrogen-bond acceptors (Lipinski definition) is 2. The van der Waals surface area contributed by atoms with Crippen molar-refractivity contribution >= 4 is 22.4 Å². The van der Waals surface area contributed by atoms with Gasteiger partial charge in [-0.2, -0.15) is 0 Å². The lowest BCUT2D eigenvalue weighted by Gasteiger charge is -2.10. The van der Waals surface area contributed by atoms with Gasteiger partial charge in [0.1, 0.15) is 5.75 Å². The maximum atomic E-state index is 12.0. The molecule has 0 spiro atoms. The van der Waals surface area contributed by atoms with Crippen LogP contribution in [0, 0.1) is 6.92 Å². The van der Waals surface area contributed by atoms with Crippen LogP contribution in [0.2, 0.25) is 0 Å². The average molecular weight is 291 g/mol. The lowest BCUT2D eigenvalue weighted by Crippen LogP contribution is -2.20. The molecule has 110 valence electrons. The van der Waals surface area contributed by atoms with E-state index in [1.807, 2.05) is 73.7 Å². The number of fused-ring (bicyclic) bond motifs is 1. The van der Waals surface area contributed by atoms with Gasteiger partial charge in [0.25, 0.3) is 5.91 Å². The molecule has 0 aliphatic carbocycles. The van der Waals surface area contributed by atoms with Crippen LogP contribution < -0.4 is 10.1 Å². The number of hydrogen-bond donors (Lipinski definition) is 1. The van der Waals surface area contributed by atoms with Crippen LogP contribution in [-0.2, 0) is 4.79 Å². The van der Waals surface area contributed by atoms with Crippen molar-refractivity contribution in [2.24, 2.45) is 0 Å². The van der Waals surface area contributed by atoms with Gasteiger partial charge in [-0.3, -0.25) is 4.79 Å². The zero-order valence-corrected chi connectivity index (χ0v) is 12.4. The second kappa shape index (κ2) is 6.31. The number of ether oxygens (including phenoxy) is 1. The molecule has 0 saturated heterocycles. The number of anilines is 1. The first-order chi connectivity index (χ1) is 10.7. The zero-order chi connectivity index (χ0) is 15.4. The van der Waals surface area contributed by atoms with E-state index in [2.05, 4.69) is 5.32 Å². The van der Waals surface area contributed by atoms with E-state index in [9.17, 15) is 4.79 Å². The first kappa shape index (κ1) is 14.1. The molecule has 0 atom stereocenters. The van der Waals surface area contributed by atoms with Gasteiger partial charge in [-0.05, 0) is 41.5 Å². The van der Waals surface area contributed by atoms with Crippen molar-refractivity contribution in [3.05, 3.63) is 72.3 Å². The number of para-hydroxylation sites is 1. The Bertz CT molecular complexity index is 811. The maximum absolute atomic E-state index is 12.0. The molecule has 0 aliphatic heterocycles. The molecule has 0 unspecified atom stereocenters. The Hall–Kier alpha value is -2.81. The number of aryl methyl sites for hydroxylation is 1. The fraction of sp³-hybridized carbons (Fsp3) is 0.105. The summed E-state index contributed by atoms with van der Waals surface area (Å²) >= 11 is 0. The van der Waals surface area contributed by atoms with Crippen molar-refractivity contribution < 1.29 is 9.53 Å². The molecule has 0 bridgehead atoms. The Labute approximate surface area is 129 Å². The van der Waals surface area contributed by atoms with Gasteiger partial charge in [0, 0.05) is 5.69 Å². The van der Waals surface area contributed by atoms with E-state index in [4.69, 9.17) is 4.74 Å². The van der Waals surface area contributed by atoms with Gasteiger partial charge in [-0.1, -0.05) is 48.5 Å². The van der Waals surface area contributed by atoms with Gasteiger partial charge >= 0.3 is 0 Å². The molecular weight excluding hydrogens is 274 g/mol. The molecule has 0 heterocycles. The first-order valence-corrected chi connectivity index (χ1v) is 7.19. The minimum absolute atomic E-state index is 0.00727. The van der Waals surface area contributed by atoms with E-state index < -0.39 is 0 Å². The highest BCUT2D eigenvalue weighted by molar-refractivity contribution is 5.92. The Balaban J connectivity index is 1.63. The highest BCUT2D eigenvalue weighted by Crippen LogP contribution is 2.20. The Morgan fingerprint density at radius 2 is 1.68 bits per heavy atom. The van der Waals surface area contributed by atoms with E-state index in [1.54, 1.807) is 0 Å². The van der Waals surface area contributed by atoms with E-state index in [0.29, 0.717) is 5.75 Å². The van der Waals surface area contributed by atoms with Crippen LogP contribution >= 0.6 is 0 Å². The third-order valence-corrected chi connectivity index (χ3v) is 3.51. The van der Waals surface area contributed by atoms with Gasteiger partial charge < -0.3 is 10.1 Å². The smallest absolute Gasteiger partial charge is 0.262 e. The predicted molar refractivity (Wildman–Crippen MR) is 89.3 cm³/mol. The molecule has 0 fully saturated rings. The van der Waals surface area contributed by atoms with Crippen molar-refractivity contribution in [2.75, 3.05) is 11.9 Å². The summed E-state index contributed by atoms with van der Waals surface area (Å²) in [6, 6.07) is 21.5. The van der Waals surface area contributed by atoms with Crippen molar-refractivity contribution in [1.82, 2.24) is 0 Å². The predicted octanol–water partition coefficient (Wildman–Crippen LogP) is 4.17. The molecule has 3 heteroatoms. The Morgan fingerprint density at radius 3 is 2.50 bits per heavy atom. The number of nitrogens with one attached hydrogen (secondary N) is 1. The SMILES string of the molecule is Cc1ccccc1NC(=O)COc1ccc2ccccc2c1. The monoisotopic (exact) mass is 291 g/mol. The van der Waals surface area contributed by atoms with Gasteiger partial charge in [0.2, 0.25) is 0 Å². The summed E-state index contributed by atoms with van der Waals surface area (Å²) in [5, 5.41) is 5.10. The molecule has 0 aliphatic rings. The van der Waals surface area contributed by atoms with E-state index in [-0.39, 0.29) is 12.5 Å². The number of benzene rings is 3. The second-order valence-electron chi connectivity index (χ2n) is 5.16. The summed E-state index contributed by atoms with van der Waals surface area (Å²) in [5.74, 6) is 0.529. The number of rotatable bonds is 4. The third kappa shape index (κ3) is 3.26. The number of carbonyl (C=O) groups is 1. The lowest BCUT2D eigenvalue weighted by atomic mass is 10.1. The zero-order valence-electron chi connectivity index (χ0n) is 12.4. The van der Waals surface area contributed by atoms with Crippen molar-refractivity contribution in [1.29, 1.82) is 0 Å². The van der Waals surface area contributed by atoms with Crippen molar-refractivity contribution in [2.45, 2.75) is 6.92 Å². The molecule has 1 amide bonds. The van der Waals surface area contributed by atoms with Crippen LogP contribution in [0.3, 0.4) is 0 Å². The second-order valence-corrected chi connectivity index (χ2v) is 5.16. The molecule has 3 aromatic carbocycles. The van der Waals surface area contributed by atoms with E-state index in [0.717, 1.165) is 22.0 Å². The van der Waals surface area contributed by atoms with Crippen LogP contribution in [0.15, 0.2) is 66.7 Å². The molecule has 1 N–H and O–H groups in total. The highest BCUT2D eigenvalue weighted by atomic mass is 16.5. The molecule has 0 saturated carbocycles. The van der Waals surface area contributed by atoms with Crippen LogP contribution in [0.4, 0.5) is 5.69 Å². The van der Waals surface area contributed by atoms with Gasteiger partial charge in [-0.25, -0.2) is 0 Å². The summed E-state index contributed by atoms with van der Waals surface area (Å²) in [6.07, 6.45) is 0. The van der Waals surface area contributed by atoms with Crippen molar-refractivity contribution in [3.63, 3.8) is 0 Å². The maximum Gasteiger partial charge on any atom is 0.262 e. The Morgan fingerprint density at radius 1 is 0.955 bits per heavy atom. The quantitative estimate of drug-likeness (QED) is 0.783. The molecule has 3 aromatic rings. The molecule has 22 heavy (non-hydrogen) atoms. The van der Waals surface area contributed by atoms with E-state index >= 15 is 0 Å². The number of carbonyl (C=O) groups excluding carboxylic acids is 1. The van der Waals surface area contributed by atoms with Gasteiger partial charge in [-0.15, -0.1) is 0 Å². The number of amides is 1. The fourth-order valence-corrected chi connectivity index (χ4v) is 2.31. The van der Waals surface area contributed by atoms with Gasteiger partial charge in [0.05, 0.1) is 0 Å². The topological polar surface area (TPSA) is 38.3 Å². The van der Waals surface area contributed by atoms with Crippen LogP contribution in [0.1, 0.15) is 5.56 Å². The summed E-state index contributed by atoms with van der Waals surface area (Å²) in [7, 11) is 0. The Kier molecular flexibility index (Phi) is 4.05. The molecule has 0 aromatic heterocycles. The third-order valence-electron chi connectivity index (χ3n) is 3.51. The fourth-order valence-electron chi connectivity index (χ4n) is 2.31. The molecule has 3 rings (SSSR count). The minimum atomic E-state index is -0.164. The van der Waals surface area contributed by atoms with Crippen molar-refractivity contribution in [3.8, 4) is 5.75 Å². The minimum Gasteiger partial charge on any atom is -0.484 e. The molecule has 0 radical (unpaired) electrons. The molecule has 3 nitrogen and oxygen atoms in total. The van der Waals surface area contributed by atoms with Gasteiger partial charge in [0.15, 0.2) is 6.61 Å². The van der Waals surface area contributed by atoms with E-state index in [1.165, 1.54) is 0 Å². The standard InChI is InChI=1S/C19H17NO2/c1-14-6-2-5-9-18(14)20-19(21)13-22-17-11-10-15-7-3-4-8-16(15)12-17/h2-12H,13H2,1H3,(H,20,21). The summed E-state index contributed by atoms with van der Waals surface area (Å²) < 4.78 is 5.58. The normalized spacial score (nSPS) is 10.4. The lowest BCUT2D eigenvalue weighted by molar-refractivity contribution is -0.118. The van der Waals surface area contributed by atoms with Crippen LogP contribution in [0.5, 0.6) is 5.75 Å².